The van der Waals surface area contributed by atoms with Crippen molar-refractivity contribution in [3.8, 4) is 0 Å². The molecule has 0 aliphatic heterocycles. The van der Waals surface area contributed by atoms with Crippen molar-refractivity contribution in [2.45, 2.75) is 46.2 Å². The van der Waals surface area contributed by atoms with Gasteiger partial charge >= 0.3 is 5.82 Å². The monoisotopic (exact) mass is 226 g/mol. The van der Waals surface area contributed by atoms with E-state index in [-0.39, 0.29) is 16.8 Å². The molecule has 1 atom stereocenters. The average Bonchev–Trinajstić information content (AvgIpc) is 2.42. The van der Waals surface area contributed by atoms with Crippen molar-refractivity contribution in [2.75, 3.05) is 0 Å². The van der Waals surface area contributed by atoms with Gasteiger partial charge in [0.25, 0.3) is 0 Å². The molecule has 0 saturated heterocycles. The van der Waals surface area contributed by atoms with Crippen molar-refractivity contribution in [3.63, 3.8) is 0 Å². The van der Waals surface area contributed by atoms with Crippen molar-refractivity contribution in [2.24, 2.45) is 5.73 Å². The molecule has 90 valence electrons. The maximum Gasteiger partial charge on any atom is 0.348 e. The topological polar surface area (TPSA) is 87.0 Å². The van der Waals surface area contributed by atoms with Gasteiger partial charge in [-0.1, -0.05) is 5.10 Å². The minimum Gasteiger partial charge on any atom is -0.358 e. The van der Waals surface area contributed by atoms with Crippen molar-refractivity contribution in [1.82, 2.24) is 9.78 Å². The molecule has 0 amide bonds. The maximum absolute atomic E-state index is 10.9. The second kappa shape index (κ2) is 5.07. The Hall–Kier alpha value is -1.43. The molecule has 0 fully saturated rings. The molecule has 0 saturated carbocycles. The van der Waals surface area contributed by atoms with Gasteiger partial charge in [0.2, 0.25) is 0 Å². The second-order valence-corrected chi connectivity index (χ2v) is 4.13. The molecule has 0 spiro atoms. The number of aryl methyl sites for hydroxylation is 2. The highest BCUT2D eigenvalue weighted by Gasteiger charge is 2.21. The first-order valence-electron chi connectivity index (χ1n) is 5.37. The molecule has 1 aromatic rings. The SMILES string of the molecule is Cc1nn(CCC[C@H](C)N)c([N+](=O)[O-])c1C. The van der Waals surface area contributed by atoms with Gasteiger partial charge < -0.3 is 15.8 Å². The van der Waals surface area contributed by atoms with Gasteiger partial charge in [0.1, 0.15) is 6.54 Å². The number of hydrogen-bond donors (Lipinski definition) is 1. The Kier molecular flexibility index (Phi) is 4.00. The third kappa shape index (κ3) is 2.79. The zero-order chi connectivity index (χ0) is 12.3. The molecule has 6 nitrogen and oxygen atoms in total. The average molecular weight is 226 g/mol. The van der Waals surface area contributed by atoms with Gasteiger partial charge in [-0.15, -0.1) is 4.68 Å². The lowest BCUT2D eigenvalue weighted by Crippen LogP contribution is -2.16. The first-order valence-corrected chi connectivity index (χ1v) is 5.37. The lowest BCUT2D eigenvalue weighted by Gasteiger charge is -2.03. The summed E-state index contributed by atoms with van der Waals surface area (Å²) in [7, 11) is 0. The predicted molar refractivity (Wildman–Crippen MR) is 61.2 cm³/mol. The lowest BCUT2D eigenvalue weighted by molar-refractivity contribution is -0.393. The van der Waals surface area contributed by atoms with Crippen LogP contribution in [-0.4, -0.2) is 20.7 Å². The first kappa shape index (κ1) is 12.6. The van der Waals surface area contributed by atoms with Crippen LogP contribution in [0.2, 0.25) is 0 Å². The van der Waals surface area contributed by atoms with E-state index in [1.165, 1.54) is 4.68 Å². The van der Waals surface area contributed by atoms with Crippen LogP contribution in [-0.2, 0) is 6.54 Å². The van der Waals surface area contributed by atoms with E-state index in [1.807, 2.05) is 6.92 Å². The zero-order valence-corrected chi connectivity index (χ0v) is 9.93. The van der Waals surface area contributed by atoms with Crippen LogP contribution in [0, 0.1) is 24.0 Å². The molecule has 0 unspecified atom stereocenters. The molecular weight excluding hydrogens is 208 g/mol. The number of nitrogens with zero attached hydrogens (tertiary/aromatic N) is 3. The fourth-order valence-corrected chi connectivity index (χ4v) is 1.61. The van der Waals surface area contributed by atoms with Crippen molar-refractivity contribution in [3.05, 3.63) is 21.4 Å². The largest absolute Gasteiger partial charge is 0.358 e. The summed E-state index contributed by atoms with van der Waals surface area (Å²) in [5.41, 5.74) is 6.99. The third-order valence-electron chi connectivity index (χ3n) is 2.60. The molecule has 0 aromatic carbocycles. The van der Waals surface area contributed by atoms with Gasteiger partial charge in [0.05, 0.1) is 11.3 Å². The zero-order valence-electron chi connectivity index (χ0n) is 9.93. The van der Waals surface area contributed by atoms with E-state index in [1.54, 1.807) is 13.8 Å². The van der Waals surface area contributed by atoms with Crippen LogP contribution in [0.1, 0.15) is 31.0 Å². The van der Waals surface area contributed by atoms with E-state index in [4.69, 9.17) is 5.73 Å². The molecule has 1 rings (SSSR count). The van der Waals surface area contributed by atoms with Crippen LogP contribution in [0.25, 0.3) is 0 Å². The highest BCUT2D eigenvalue weighted by molar-refractivity contribution is 5.35. The summed E-state index contributed by atoms with van der Waals surface area (Å²) >= 11 is 0. The van der Waals surface area contributed by atoms with Crippen LogP contribution in [0.4, 0.5) is 5.82 Å². The Morgan fingerprint density at radius 1 is 1.56 bits per heavy atom. The molecule has 1 aromatic heterocycles. The Morgan fingerprint density at radius 2 is 2.19 bits per heavy atom. The third-order valence-corrected chi connectivity index (χ3v) is 2.60. The molecule has 0 aliphatic rings. The minimum absolute atomic E-state index is 0.0992. The smallest absolute Gasteiger partial charge is 0.348 e. The number of nitro groups is 1. The Morgan fingerprint density at radius 3 is 2.69 bits per heavy atom. The van der Waals surface area contributed by atoms with Gasteiger partial charge in [-0.05, 0) is 38.5 Å². The highest BCUT2D eigenvalue weighted by Crippen LogP contribution is 2.21. The molecule has 16 heavy (non-hydrogen) atoms. The number of rotatable bonds is 5. The van der Waals surface area contributed by atoms with E-state index in [0.29, 0.717) is 17.8 Å². The highest BCUT2D eigenvalue weighted by atomic mass is 16.6. The molecule has 2 N–H and O–H groups in total. The van der Waals surface area contributed by atoms with E-state index >= 15 is 0 Å². The van der Waals surface area contributed by atoms with Crippen LogP contribution in [0.15, 0.2) is 0 Å². The maximum atomic E-state index is 10.9. The summed E-state index contributed by atoms with van der Waals surface area (Å²) in [5.74, 6) is 0.0992. The summed E-state index contributed by atoms with van der Waals surface area (Å²) in [4.78, 5) is 10.5. The molecule has 0 bridgehead atoms. The van der Waals surface area contributed by atoms with Crippen LogP contribution >= 0.6 is 0 Å². The fourth-order valence-electron chi connectivity index (χ4n) is 1.61. The standard InChI is InChI=1S/C10H18N4O2/c1-7(11)5-4-6-13-10(14(15)16)8(2)9(3)12-13/h7H,4-6,11H2,1-3H3/t7-/m0/s1. The summed E-state index contributed by atoms with van der Waals surface area (Å²) < 4.78 is 1.47. The summed E-state index contributed by atoms with van der Waals surface area (Å²) in [6.07, 6.45) is 1.65. The fraction of sp³-hybridized carbons (Fsp3) is 0.700. The van der Waals surface area contributed by atoms with Gasteiger partial charge in [0.15, 0.2) is 0 Å². The van der Waals surface area contributed by atoms with E-state index in [2.05, 4.69) is 5.10 Å². The molecule has 1 heterocycles. The number of aromatic nitrogens is 2. The summed E-state index contributed by atoms with van der Waals surface area (Å²) in [6, 6.07) is 0.122. The molecule has 0 aliphatic carbocycles. The van der Waals surface area contributed by atoms with E-state index in [0.717, 1.165) is 12.8 Å². The summed E-state index contributed by atoms with van der Waals surface area (Å²) in [6.45, 7) is 5.98. The number of nitrogens with two attached hydrogens (primary N) is 1. The van der Waals surface area contributed by atoms with Gasteiger partial charge in [0, 0.05) is 6.04 Å². The lowest BCUT2D eigenvalue weighted by atomic mass is 10.2. The summed E-state index contributed by atoms with van der Waals surface area (Å²) in [5, 5.41) is 15.0. The van der Waals surface area contributed by atoms with Crippen molar-refractivity contribution >= 4 is 5.82 Å². The van der Waals surface area contributed by atoms with E-state index < -0.39 is 0 Å². The quantitative estimate of drug-likeness (QED) is 0.609. The van der Waals surface area contributed by atoms with Crippen LogP contribution in [0.3, 0.4) is 0 Å². The Labute approximate surface area is 94.6 Å². The molecular formula is C10H18N4O2. The number of hydrogen-bond acceptors (Lipinski definition) is 4. The van der Waals surface area contributed by atoms with Crippen LogP contribution in [0.5, 0.6) is 0 Å². The van der Waals surface area contributed by atoms with Gasteiger partial charge in [-0.3, -0.25) is 0 Å². The predicted octanol–water partition coefficient (Wildman–Crippen LogP) is 1.54. The second-order valence-electron chi connectivity index (χ2n) is 4.13. The molecule has 0 radical (unpaired) electrons. The van der Waals surface area contributed by atoms with Gasteiger partial charge in [-0.2, -0.15) is 0 Å². The van der Waals surface area contributed by atoms with Crippen molar-refractivity contribution < 1.29 is 4.92 Å². The van der Waals surface area contributed by atoms with Gasteiger partial charge in [-0.25, -0.2) is 0 Å². The Balaban J connectivity index is 2.79. The Bertz CT molecular complexity index is 384. The van der Waals surface area contributed by atoms with Crippen LogP contribution < -0.4 is 5.73 Å². The normalized spacial score (nSPS) is 12.8. The minimum atomic E-state index is -0.374. The van der Waals surface area contributed by atoms with E-state index in [9.17, 15) is 10.1 Å². The van der Waals surface area contributed by atoms with Crippen molar-refractivity contribution in [1.29, 1.82) is 0 Å². The first-order chi connectivity index (χ1) is 7.43. The molecule has 6 heteroatoms.